The second kappa shape index (κ2) is 5.02. The number of halogens is 2. The number of hydrogen-bond acceptors (Lipinski definition) is 3. The lowest BCUT2D eigenvalue weighted by molar-refractivity contribution is 0.416. The Morgan fingerprint density at radius 1 is 1.67 bits per heavy atom. The first kappa shape index (κ1) is 11.8. The van der Waals surface area contributed by atoms with Crippen molar-refractivity contribution in [2.75, 3.05) is 24.7 Å². The van der Waals surface area contributed by atoms with Gasteiger partial charge >= 0.3 is 0 Å². The summed E-state index contributed by atoms with van der Waals surface area (Å²) in [6, 6.07) is 2.73. The van der Waals surface area contributed by atoms with Crippen LogP contribution in [0.1, 0.15) is 0 Å². The largest absolute Gasteiger partial charge is 0.495 e. The van der Waals surface area contributed by atoms with Crippen LogP contribution in [0.2, 0.25) is 0 Å². The van der Waals surface area contributed by atoms with Crippen LogP contribution in [0, 0.1) is 5.82 Å². The fourth-order valence-corrected chi connectivity index (χ4v) is 1.21. The number of nitrogens with two attached hydrogens (primary N) is 1. The van der Waals surface area contributed by atoms with E-state index in [0.717, 1.165) is 4.48 Å². The van der Waals surface area contributed by atoms with E-state index in [-0.39, 0.29) is 5.69 Å². The van der Waals surface area contributed by atoms with Gasteiger partial charge in [-0.2, -0.15) is 0 Å². The molecule has 0 bridgehead atoms. The summed E-state index contributed by atoms with van der Waals surface area (Å²) in [7, 11) is 1.48. The Hall–Kier alpha value is -1.23. The highest BCUT2D eigenvalue weighted by atomic mass is 79.9. The van der Waals surface area contributed by atoms with E-state index in [0.29, 0.717) is 18.0 Å². The highest BCUT2D eigenvalue weighted by Gasteiger charge is 2.07. The maximum absolute atomic E-state index is 13.4. The highest BCUT2D eigenvalue weighted by molar-refractivity contribution is 9.11. The summed E-state index contributed by atoms with van der Waals surface area (Å²) in [6.07, 6.45) is 0. The molecule has 0 aromatic heterocycles. The number of hydrogen-bond donors (Lipinski definition) is 2. The standard InChI is InChI=1S/C10H12BrFN2O/c1-6(11)5-14-9-4-10(15-2)8(13)3-7(9)12/h3-4,14H,1,5,13H2,2H3. The molecule has 0 fully saturated rings. The van der Waals surface area contributed by atoms with E-state index in [1.165, 1.54) is 19.2 Å². The van der Waals surface area contributed by atoms with Crippen LogP contribution in [0.3, 0.4) is 0 Å². The molecule has 1 aromatic carbocycles. The molecular formula is C10H12BrFN2O. The van der Waals surface area contributed by atoms with Gasteiger partial charge in [0.05, 0.1) is 18.5 Å². The Bertz CT molecular complexity index is 382. The van der Waals surface area contributed by atoms with Crippen molar-refractivity contribution >= 4 is 27.3 Å². The van der Waals surface area contributed by atoms with Crippen LogP contribution in [-0.2, 0) is 0 Å². The molecule has 3 N–H and O–H groups in total. The molecule has 0 spiro atoms. The van der Waals surface area contributed by atoms with Crippen LogP contribution in [0.25, 0.3) is 0 Å². The van der Waals surface area contributed by atoms with Crippen molar-refractivity contribution < 1.29 is 9.13 Å². The van der Waals surface area contributed by atoms with Crippen molar-refractivity contribution in [3.8, 4) is 5.75 Å². The summed E-state index contributed by atoms with van der Waals surface area (Å²) in [5.74, 6) is 0.0288. The van der Waals surface area contributed by atoms with Crippen LogP contribution in [-0.4, -0.2) is 13.7 Å². The van der Waals surface area contributed by atoms with Gasteiger partial charge in [-0.05, 0) is 0 Å². The lowest BCUT2D eigenvalue weighted by Gasteiger charge is -2.10. The monoisotopic (exact) mass is 274 g/mol. The van der Waals surface area contributed by atoms with E-state index in [2.05, 4.69) is 27.8 Å². The number of ether oxygens (including phenoxy) is 1. The van der Waals surface area contributed by atoms with Gasteiger partial charge in [-0.25, -0.2) is 4.39 Å². The predicted molar refractivity (Wildman–Crippen MR) is 63.9 cm³/mol. The van der Waals surface area contributed by atoms with Crippen LogP contribution in [0.4, 0.5) is 15.8 Å². The van der Waals surface area contributed by atoms with Crippen molar-refractivity contribution in [3.05, 3.63) is 29.0 Å². The minimum absolute atomic E-state index is 0.276. The first-order chi connectivity index (χ1) is 7.04. The minimum atomic E-state index is -0.415. The maximum atomic E-state index is 13.4. The average Bonchev–Trinajstić information content (AvgIpc) is 2.16. The molecule has 0 aliphatic carbocycles. The molecule has 3 nitrogen and oxygen atoms in total. The quantitative estimate of drug-likeness (QED) is 0.830. The molecule has 82 valence electrons. The Balaban J connectivity index is 2.92. The van der Waals surface area contributed by atoms with E-state index in [4.69, 9.17) is 10.5 Å². The van der Waals surface area contributed by atoms with Gasteiger partial charge in [-0.1, -0.05) is 22.5 Å². The van der Waals surface area contributed by atoms with Crippen LogP contribution >= 0.6 is 15.9 Å². The third-order valence-corrected chi connectivity index (χ3v) is 2.07. The molecule has 1 aromatic rings. The topological polar surface area (TPSA) is 47.3 Å². The third kappa shape index (κ3) is 3.13. The lowest BCUT2D eigenvalue weighted by atomic mass is 10.2. The number of nitrogens with one attached hydrogen (secondary N) is 1. The lowest BCUT2D eigenvalue weighted by Crippen LogP contribution is -2.04. The number of nitrogen functional groups attached to an aromatic ring is 1. The molecule has 0 atom stereocenters. The number of benzene rings is 1. The summed E-state index contributed by atoms with van der Waals surface area (Å²) >= 11 is 3.17. The molecule has 0 aliphatic rings. The molecule has 0 aliphatic heterocycles. The second-order valence-electron chi connectivity index (χ2n) is 2.94. The summed E-state index contributed by atoms with van der Waals surface area (Å²) in [4.78, 5) is 0. The van der Waals surface area contributed by atoms with Crippen molar-refractivity contribution in [1.29, 1.82) is 0 Å². The zero-order chi connectivity index (χ0) is 11.4. The third-order valence-electron chi connectivity index (χ3n) is 1.79. The first-order valence-electron chi connectivity index (χ1n) is 4.24. The second-order valence-corrected chi connectivity index (χ2v) is 4.07. The van der Waals surface area contributed by atoms with Gasteiger partial charge < -0.3 is 15.8 Å². The molecule has 0 saturated heterocycles. The molecule has 5 heteroatoms. The average molecular weight is 275 g/mol. The fourth-order valence-electron chi connectivity index (χ4n) is 1.07. The molecule has 0 radical (unpaired) electrons. The smallest absolute Gasteiger partial charge is 0.148 e. The van der Waals surface area contributed by atoms with E-state index in [1.54, 1.807) is 0 Å². The summed E-state index contributed by atoms with van der Waals surface area (Å²) in [5, 5.41) is 2.86. The normalized spacial score (nSPS) is 9.80. The van der Waals surface area contributed by atoms with Crippen LogP contribution in [0.5, 0.6) is 5.75 Å². The van der Waals surface area contributed by atoms with Crippen molar-refractivity contribution in [1.82, 2.24) is 0 Å². The van der Waals surface area contributed by atoms with E-state index in [1.807, 2.05) is 0 Å². The van der Waals surface area contributed by atoms with E-state index in [9.17, 15) is 4.39 Å². The number of rotatable bonds is 4. The minimum Gasteiger partial charge on any atom is -0.495 e. The Morgan fingerprint density at radius 2 is 2.33 bits per heavy atom. The fraction of sp³-hybridized carbons (Fsp3) is 0.200. The first-order valence-corrected chi connectivity index (χ1v) is 5.04. The zero-order valence-corrected chi connectivity index (χ0v) is 9.90. The summed E-state index contributed by atoms with van der Waals surface area (Å²) in [5.41, 5.74) is 6.15. The SMILES string of the molecule is C=C(Br)CNc1cc(OC)c(N)cc1F. The summed E-state index contributed by atoms with van der Waals surface area (Å²) < 4.78 is 19.1. The van der Waals surface area contributed by atoms with Crippen molar-refractivity contribution in [3.63, 3.8) is 0 Å². The van der Waals surface area contributed by atoms with Gasteiger partial charge in [-0.15, -0.1) is 0 Å². The van der Waals surface area contributed by atoms with Gasteiger partial charge in [0.25, 0.3) is 0 Å². The van der Waals surface area contributed by atoms with Gasteiger partial charge in [0, 0.05) is 23.2 Å². The molecule has 0 heterocycles. The maximum Gasteiger partial charge on any atom is 0.148 e. The Labute approximate surface area is 96.2 Å². The van der Waals surface area contributed by atoms with Crippen LogP contribution in [0.15, 0.2) is 23.2 Å². The van der Waals surface area contributed by atoms with E-state index >= 15 is 0 Å². The van der Waals surface area contributed by atoms with Crippen molar-refractivity contribution in [2.45, 2.75) is 0 Å². The number of methoxy groups -OCH3 is 1. The predicted octanol–water partition coefficient (Wildman–Crippen LogP) is 2.74. The summed E-state index contributed by atoms with van der Waals surface area (Å²) in [6.45, 7) is 4.07. The van der Waals surface area contributed by atoms with Gasteiger partial charge in [0.1, 0.15) is 11.6 Å². The molecule has 0 unspecified atom stereocenters. The van der Waals surface area contributed by atoms with Gasteiger partial charge in [0.2, 0.25) is 0 Å². The van der Waals surface area contributed by atoms with Gasteiger partial charge in [-0.3, -0.25) is 0 Å². The molecule has 0 amide bonds. The number of anilines is 2. The Morgan fingerprint density at radius 3 is 2.87 bits per heavy atom. The van der Waals surface area contributed by atoms with Crippen LogP contribution < -0.4 is 15.8 Å². The molecular weight excluding hydrogens is 263 g/mol. The molecule has 15 heavy (non-hydrogen) atoms. The van der Waals surface area contributed by atoms with E-state index < -0.39 is 5.82 Å². The Kier molecular flexibility index (Phi) is 3.96. The van der Waals surface area contributed by atoms with Gasteiger partial charge in [0.15, 0.2) is 0 Å². The zero-order valence-electron chi connectivity index (χ0n) is 8.31. The molecule has 1 rings (SSSR count). The van der Waals surface area contributed by atoms with Crippen molar-refractivity contribution in [2.24, 2.45) is 0 Å². The molecule has 0 saturated carbocycles. The highest BCUT2D eigenvalue weighted by Crippen LogP contribution is 2.28.